The zero-order valence-corrected chi connectivity index (χ0v) is 13.1. The molecule has 0 saturated carbocycles. The van der Waals surface area contributed by atoms with Crippen molar-refractivity contribution in [2.24, 2.45) is 0 Å². The highest BCUT2D eigenvalue weighted by atomic mass is 35.5. The lowest BCUT2D eigenvalue weighted by atomic mass is 10.2. The molecule has 0 bridgehead atoms. The van der Waals surface area contributed by atoms with E-state index < -0.39 is 0 Å². The number of hydrogen-bond acceptors (Lipinski definition) is 3. The minimum Gasteiger partial charge on any atom is -0.366 e. The van der Waals surface area contributed by atoms with Crippen LogP contribution in [0.25, 0.3) is 0 Å². The second kappa shape index (κ2) is 6.74. The third-order valence-electron chi connectivity index (χ3n) is 3.13. The lowest BCUT2D eigenvalue weighted by Gasteiger charge is -2.07. The molecule has 112 valence electrons. The Morgan fingerprint density at radius 1 is 1.15 bits per heavy atom. The van der Waals surface area contributed by atoms with Gasteiger partial charge in [0.2, 0.25) is 5.95 Å². The van der Waals surface area contributed by atoms with Gasteiger partial charge in [-0.25, -0.2) is 9.36 Å². The summed E-state index contributed by atoms with van der Waals surface area (Å²) in [7, 11) is 0. The van der Waals surface area contributed by atoms with Crippen molar-refractivity contribution in [2.45, 2.75) is 47.3 Å². The van der Waals surface area contributed by atoms with Gasteiger partial charge in [-0.2, -0.15) is 14.6 Å². The maximum Gasteiger partial charge on any atom is 0.216 e. The van der Waals surface area contributed by atoms with Crippen molar-refractivity contribution in [1.82, 2.24) is 19.6 Å². The normalized spacial score (nSPS) is 10.4. The van der Waals surface area contributed by atoms with Crippen LogP contribution >= 0.6 is 12.4 Å². The molecule has 2 aromatic heterocycles. The van der Waals surface area contributed by atoms with Gasteiger partial charge in [-0.15, -0.1) is 12.4 Å². The number of nitrogens with one attached hydrogen (secondary N) is 1. The summed E-state index contributed by atoms with van der Waals surface area (Å²) in [6, 6.07) is 1.96. The molecule has 2 aromatic rings. The van der Waals surface area contributed by atoms with Gasteiger partial charge in [-0.1, -0.05) is 0 Å². The van der Waals surface area contributed by atoms with Crippen LogP contribution in [-0.2, 0) is 19.6 Å². The number of rotatable bonds is 5. The Hall–Kier alpha value is -1.56. The molecule has 0 aliphatic rings. The molecule has 0 aromatic carbocycles. The van der Waals surface area contributed by atoms with Crippen molar-refractivity contribution >= 4 is 18.2 Å². The fourth-order valence-electron chi connectivity index (χ4n) is 2.11. The average molecular weight is 302 g/mol. The van der Waals surface area contributed by atoms with Crippen LogP contribution in [0.15, 0.2) is 6.07 Å². The van der Waals surface area contributed by atoms with Gasteiger partial charge in [0.25, 0.3) is 0 Å². The molecule has 0 amide bonds. The van der Waals surface area contributed by atoms with Gasteiger partial charge in [0.15, 0.2) is 0 Å². The van der Waals surface area contributed by atoms with E-state index in [1.54, 1.807) is 0 Å². The molecular formula is C13H21ClFN5. The number of hydrogen-bond donors (Lipinski definition) is 1. The van der Waals surface area contributed by atoms with E-state index in [9.17, 15) is 4.39 Å². The molecule has 1 N–H and O–H groups in total. The number of aryl methyl sites for hydroxylation is 4. The van der Waals surface area contributed by atoms with E-state index in [4.69, 9.17) is 0 Å². The van der Waals surface area contributed by atoms with Crippen LogP contribution in [0.4, 0.5) is 10.2 Å². The molecular weight excluding hydrogens is 281 g/mol. The highest BCUT2D eigenvalue weighted by Gasteiger charge is 2.14. The van der Waals surface area contributed by atoms with Gasteiger partial charge in [0.1, 0.15) is 5.82 Å². The lowest BCUT2D eigenvalue weighted by molar-refractivity contribution is 0.464. The third-order valence-corrected chi connectivity index (χ3v) is 3.13. The van der Waals surface area contributed by atoms with Crippen molar-refractivity contribution in [2.75, 3.05) is 5.32 Å². The minimum absolute atomic E-state index is 0. The Morgan fingerprint density at radius 2 is 1.80 bits per heavy atom. The van der Waals surface area contributed by atoms with E-state index in [0.717, 1.165) is 23.8 Å². The van der Waals surface area contributed by atoms with Crippen molar-refractivity contribution in [3.63, 3.8) is 0 Å². The fourth-order valence-corrected chi connectivity index (χ4v) is 2.11. The van der Waals surface area contributed by atoms with E-state index in [1.807, 2.05) is 38.4 Å². The maximum atomic E-state index is 14.0. The monoisotopic (exact) mass is 301 g/mol. The van der Waals surface area contributed by atoms with E-state index in [-0.39, 0.29) is 18.4 Å². The van der Waals surface area contributed by atoms with Crippen LogP contribution < -0.4 is 5.32 Å². The Morgan fingerprint density at radius 3 is 2.35 bits per heavy atom. The molecule has 0 aliphatic carbocycles. The van der Waals surface area contributed by atoms with E-state index >= 15 is 0 Å². The van der Waals surface area contributed by atoms with Gasteiger partial charge in [0.05, 0.1) is 11.4 Å². The quantitative estimate of drug-likeness (QED) is 0.924. The summed E-state index contributed by atoms with van der Waals surface area (Å²) in [5.41, 5.74) is 2.29. The number of aromatic nitrogens is 4. The predicted octanol–water partition coefficient (Wildman–Crippen LogP) is 2.91. The smallest absolute Gasteiger partial charge is 0.216 e. The summed E-state index contributed by atoms with van der Waals surface area (Å²) >= 11 is 0. The van der Waals surface area contributed by atoms with Crippen LogP contribution in [0.3, 0.4) is 0 Å². The first kappa shape index (κ1) is 16.5. The Balaban J connectivity index is 0.00000200. The standard InChI is InChI=1S/C13H20FN5.ClH/c1-5-18-12(7-9(3)16-18)15-8-11-10(4)17-19(6-2)13(11)14;/h7,15H,5-6,8H2,1-4H3;1H. The molecule has 7 heteroatoms. The first-order valence-corrected chi connectivity index (χ1v) is 6.56. The van der Waals surface area contributed by atoms with E-state index in [2.05, 4.69) is 15.5 Å². The maximum absolute atomic E-state index is 14.0. The Labute approximate surface area is 124 Å². The van der Waals surface area contributed by atoms with E-state index in [0.29, 0.717) is 18.7 Å². The zero-order valence-electron chi connectivity index (χ0n) is 12.3. The molecule has 0 spiro atoms. The Bertz CT molecular complexity index is 576. The summed E-state index contributed by atoms with van der Waals surface area (Å²) in [6.07, 6.45) is 0. The third kappa shape index (κ3) is 3.12. The summed E-state index contributed by atoms with van der Waals surface area (Å²) in [5.74, 6) is 0.648. The second-order valence-corrected chi connectivity index (χ2v) is 4.51. The first-order chi connectivity index (χ1) is 9.06. The van der Waals surface area contributed by atoms with Crippen molar-refractivity contribution in [3.05, 3.63) is 29.0 Å². The molecule has 0 aliphatic heterocycles. The summed E-state index contributed by atoms with van der Waals surface area (Å²) in [5, 5.41) is 11.7. The lowest BCUT2D eigenvalue weighted by Crippen LogP contribution is -2.08. The van der Waals surface area contributed by atoms with Gasteiger partial charge >= 0.3 is 0 Å². The van der Waals surface area contributed by atoms with Crippen molar-refractivity contribution in [3.8, 4) is 0 Å². The predicted molar refractivity (Wildman–Crippen MR) is 79.8 cm³/mol. The second-order valence-electron chi connectivity index (χ2n) is 4.51. The molecule has 0 atom stereocenters. The van der Waals surface area contributed by atoms with Gasteiger partial charge < -0.3 is 5.32 Å². The van der Waals surface area contributed by atoms with Crippen LogP contribution in [0.5, 0.6) is 0 Å². The molecule has 0 saturated heterocycles. The van der Waals surface area contributed by atoms with Gasteiger partial charge in [0, 0.05) is 31.3 Å². The highest BCUT2D eigenvalue weighted by Crippen LogP contribution is 2.16. The minimum atomic E-state index is -0.258. The van der Waals surface area contributed by atoms with Crippen LogP contribution in [-0.4, -0.2) is 19.6 Å². The molecule has 0 radical (unpaired) electrons. The summed E-state index contributed by atoms with van der Waals surface area (Å²) in [6.45, 7) is 9.42. The Kier molecular flexibility index (Phi) is 5.56. The molecule has 5 nitrogen and oxygen atoms in total. The van der Waals surface area contributed by atoms with Crippen LogP contribution in [0.1, 0.15) is 30.8 Å². The highest BCUT2D eigenvalue weighted by molar-refractivity contribution is 5.85. The molecule has 0 unspecified atom stereocenters. The number of halogens is 2. The largest absolute Gasteiger partial charge is 0.366 e. The number of nitrogens with zero attached hydrogens (tertiary/aromatic N) is 4. The van der Waals surface area contributed by atoms with Gasteiger partial charge in [-0.3, -0.25) is 0 Å². The van der Waals surface area contributed by atoms with Crippen LogP contribution in [0, 0.1) is 19.8 Å². The molecule has 2 heterocycles. The number of anilines is 1. The average Bonchev–Trinajstić information content (AvgIpc) is 2.88. The van der Waals surface area contributed by atoms with Gasteiger partial charge in [-0.05, 0) is 27.7 Å². The fraction of sp³-hybridized carbons (Fsp3) is 0.538. The first-order valence-electron chi connectivity index (χ1n) is 6.56. The SMILES string of the molecule is CCn1nc(C)cc1NCc1c(C)nn(CC)c1F.Cl. The molecule has 0 fully saturated rings. The van der Waals surface area contributed by atoms with E-state index in [1.165, 1.54) is 4.68 Å². The van der Waals surface area contributed by atoms with Crippen LogP contribution in [0.2, 0.25) is 0 Å². The molecule has 20 heavy (non-hydrogen) atoms. The summed E-state index contributed by atoms with van der Waals surface area (Å²) < 4.78 is 17.3. The summed E-state index contributed by atoms with van der Waals surface area (Å²) in [4.78, 5) is 0. The van der Waals surface area contributed by atoms with Crippen molar-refractivity contribution < 1.29 is 4.39 Å². The topological polar surface area (TPSA) is 47.7 Å². The molecule has 2 rings (SSSR count). The van der Waals surface area contributed by atoms with Crippen molar-refractivity contribution in [1.29, 1.82) is 0 Å². The zero-order chi connectivity index (χ0) is 14.0.